The molecule has 5 rings (SSSR count). The number of thiophene rings is 1. The molecule has 0 amide bonds. The highest BCUT2D eigenvalue weighted by Gasteiger charge is 2.15. The van der Waals surface area contributed by atoms with Crippen molar-refractivity contribution in [3.05, 3.63) is 72.5 Å². The van der Waals surface area contributed by atoms with Crippen LogP contribution in [0.25, 0.3) is 32.5 Å². The molecule has 4 heterocycles. The van der Waals surface area contributed by atoms with Crippen LogP contribution in [0.1, 0.15) is 0 Å². The second kappa shape index (κ2) is 6.16. The van der Waals surface area contributed by atoms with Gasteiger partial charge >= 0.3 is 0 Å². The van der Waals surface area contributed by atoms with Gasteiger partial charge in [0.1, 0.15) is 16.7 Å². The summed E-state index contributed by atoms with van der Waals surface area (Å²) in [6.45, 7) is 0. The SMILES string of the molecule is c1ccc(-c2nc3ncccc3cc2Oc2ncnc3ccsc23)cc1. The lowest BCUT2D eigenvalue weighted by Gasteiger charge is -2.11. The van der Waals surface area contributed by atoms with Crippen LogP contribution in [0.15, 0.2) is 72.5 Å². The quantitative estimate of drug-likeness (QED) is 0.450. The maximum Gasteiger partial charge on any atom is 0.240 e. The van der Waals surface area contributed by atoms with Gasteiger partial charge in [0.15, 0.2) is 11.4 Å². The summed E-state index contributed by atoms with van der Waals surface area (Å²) < 4.78 is 7.13. The predicted molar refractivity (Wildman–Crippen MR) is 102 cm³/mol. The minimum atomic E-state index is 0.534. The molecule has 0 N–H and O–H groups in total. The molecule has 0 bridgehead atoms. The summed E-state index contributed by atoms with van der Waals surface area (Å²) >= 11 is 1.56. The third-order valence-electron chi connectivity index (χ3n) is 4.02. The number of fused-ring (bicyclic) bond motifs is 2. The van der Waals surface area contributed by atoms with Gasteiger partial charge in [-0.1, -0.05) is 30.3 Å². The van der Waals surface area contributed by atoms with E-state index in [-0.39, 0.29) is 0 Å². The Morgan fingerprint density at radius 3 is 2.73 bits per heavy atom. The number of hydrogen-bond donors (Lipinski definition) is 0. The molecule has 0 aliphatic carbocycles. The van der Waals surface area contributed by atoms with Crippen LogP contribution < -0.4 is 4.74 Å². The Labute approximate surface area is 153 Å². The van der Waals surface area contributed by atoms with Crippen LogP contribution in [0, 0.1) is 0 Å². The number of nitrogens with zero attached hydrogens (tertiary/aromatic N) is 4. The lowest BCUT2D eigenvalue weighted by Crippen LogP contribution is -1.95. The van der Waals surface area contributed by atoms with Gasteiger partial charge in [-0.15, -0.1) is 11.3 Å². The summed E-state index contributed by atoms with van der Waals surface area (Å²) in [5.74, 6) is 1.18. The number of rotatable bonds is 3. The highest BCUT2D eigenvalue weighted by atomic mass is 32.1. The maximum absolute atomic E-state index is 6.21. The summed E-state index contributed by atoms with van der Waals surface area (Å²) in [6.07, 6.45) is 3.26. The molecule has 5 aromatic rings. The molecule has 124 valence electrons. The average molecular weight is 356 g/mol. The van der Waals surface area contributed by atoms with Crippen molar-refractivity contribution in [2.45, 2.75) is 0 Å². The van der Waals surface area contributed by atoms with E-state index in [0.29, 0.717) is 17.3 Å². The van der Waals surface area contributed by atoms with Crippen molar-refractivity contribution in [3.8, 4) is 22.9 Å². The van der Waals surface area contributed by atoms with Crippen molar-refractivity contribution < 1.29 is 4.74 Å². The normalized spacial score (nSPS) is 11.1. The summed E-state index contributed by atoms with van der Waals surface area (Å²) in [5.41, 5.74) is 3.26. The first-order valence-corrected chi connectivity index (χ1v) is 8.94. The van der Waals surface area contributed by atoms with Gasteiger partial charge in [-0.2, -0.15) is 0 Å². The molecular formula is C20H12N4OS. The Hall–Kier alpha value is -3.38. The lowest BCUT2D eigenvalue weighted by molar-refractivity contribution is 0.470. The molecule has 0 atom stereocenters. The van der Waals surface area contributed by atoms with Crippen LogP contribution in [0.3, 0.4) is 0 Å². The fourth-order valence-electron chi connectivity index (χ4n) is 2.81. The summed E-state index contributed by atoms with van der Waals surface area (Å²) in [6, 6.07) is 17.7. The Morgan fingerprint density at radius 2 is 1.81 bits per heavy atom. The minimum Gasteiger partial charge on any atom is -0.435 e. The monoisotopic (exact) mass is 356 g/mol. The van der Waals surface area contributed by atoms with Gasteiger partial charge in [-0.05, 0) is 29.6 Å². The summed E-state index contributed by atoms with van der Waals surface area (Å²) in [4.78, 5) is 17.7. The summed E-state index contributed by atoms with van der Waals surface area (Å²) in [7, 11) is 0. The molecule has 5 nitrogen and oxygen atoms in total. The number of ether oxygens (including phenoxy) is 1. The molecule has 4 aromatic heterocycles. The molecule has 0 unspecified atom stereocenters. The zero-order valence-electron chi connectivity index (χ0n) is 13.5. The molecule has 0 saturated carbocycles. The molecule has 0 saturated heterocycles. The van der Waals surface area contributed by atoms with Gasteiger partial charge < -0.3 is 4.74 Å². The fourth-order valence-corrected chi connectivity index (χ4v) is 3.58. The Morgan fingerprint density at radius 1 is 0.885 bits per heavy atom. The highest BCUT2D eigenvalue weighted by molar-refractivity contribution is 7.17. The van der Waals surface area contributed by atoms with E-state index >= 15 is 0 Å². The zero-order chi connectivity index (χ0) is 17.3. The van der Waals surface area contributed by atoms with Crippen LogP contribution in [-0.4, -0.2) is 19.9 Å². The van der Waals surface area contributed by atoms with E-state index in [0.717, 1.165) is 26.9 Å². The van der Waals surface area contributed by atoms with Gasteiger partial charge in [0, 0.05) is 17.1 Å². The molecule has 26 heavy (non-hydrogen) atoms. The van der Waals surface area contributed by atoms with Crippen molar-refractivity contribution in [1.82, 2.24) is 19.9 Å². The topological polar surface area (TPSA) is 60.8 Å². The van der Waals surface area contributed by atoms with E-state index in [4.69, 9.17) is 9.72 Å². The van der Waals surface area contributed by atoms with E-state index in [2.05, 4.69) is 15.0 Å². The maximum atomic E-state index is 6.21. The van der Waals surface area contributed by atoms with Crippen molar-refractivity contribution in [2.75, 3.05) is 0 Å². The molecule has 0 fully saturated rings. The van der Waals surface area contributed by atoms with E-state index in [1.807, 2.05) is 60.0 Å². The first-order valence-electron chi connectivity index (χ1n) is 8.06. The zero-order valence-corrected chi connectivity index (χ0v) is 14.4. The first-order chi connectivity index (χ1) is 12.9. The van der Waals surface area contributed by atoms with Gasteiger partial charge in [-0.25, -0.2) is 19.9 Å². The minimum absolute atomic E-state index is 0.534. The van der Waals surface area contributed by atoms with Crippen molar-refractivity contribution in [2.24, 2.45) is 0 Å². The molecule has 0 radical (unpaired) electrons. The van der Waals surface area contributed by atoms with Crippen LogP contribution in [0.4, 0.5) is 0 Å². The molecule has 0 spiro atoms. The fraction of sp³-hybridized carbons (Fsp3) is 0. The number of hydrogen-bond acceptors (Lipinski definition) is 6. The van der Waals surface area contributed by atoms with Gasteiger partial charge in [0.05, 0.1) is 5.52 Å². The molecule has 6 heteroatoms. The lowest BCUT2D eigenvalue weighted by atomic mass is 10.1. The highest BCUT2D eigenvalue weighted by Crippen LogP contribution is 2.36. The van der Waals surface area contributed by atoms with Crippen LogP contribution in [0.5, 0.6) is 11.6 Å². The van der Waals surface area contributed by atoms with E-state index in [1.54, 1.807) is 17.5 Å². The van der Waals surface area contributed by atoms with Crippen LogP contribution in [-0.2, 0) is 0 Å². The third-order valence-corrected chi connectivity index (χ3v) is 4.91. The van der Waals surface area contributed by atoms with Crippen LogP contribution >= 0.6 is 11.3 Å². The van der Waals surface area contributed by atoms with Gasteiger partial charge in [0.25, 0.3) is 0 Å². The largest absolute Gasteiger partial charge is 0.435 e. The second-order valence-electron chi connectivity index (χ2n) is 5.67. The molecular weight excluding hydrogens is 344 g/mol. The average Bonchev–Trinajstić information content (AvgIpc) is 3.18. The van der Waals surface area contributed by atoms with E-state index in [9.17, 15) is 0 Å². The Balaban J connectivity index is 1.71. The number of pyridine rings is 2. The Kier molecular flexibility index (Phi) is 3.54. The van der Waals surface area contributed by atoms with Crippen LogP contribution in [0.2, 0.25) is 0 Å². The van der Waals surface area contributed by atoms with Gasteiger partial charge in [-0.3, -0.25) is 0 Å². The van der Waals surface area contributed by atoms with Crippen molar-refractivity contribution in [1.29, 1.82) is 0 Å². The van der Waals surface area contributed by atoms with E-state index < -0.39 is 0 Å². The number of aromatic nitrogens is 4. The smallest absolute Gasteiger partial charge is 0.240 e. The van der Waals surface area contributed by atoms with E-state index in [1.165, 1.54) is 6.33 Å². The van der Waals surface area contributed by atoms with Gasteiger partial charge in [0.2, 0.25) is 5.88 Å². The standard InChI is InChI=1S/C20H12N4OS/c1-2-5-13(6-3-1)17-16(11-14-7-4-9-21-19(14)24-17)25-20-18-15(8-10-26-18)22-12-23-20/h1-12H. The second-order valence-corrected chi connectivity index (χ2v) is 6.58. The molecule has 0 aliphatic rings. The number of benzene rings is 1. The molecule has 1 aromatic carbocycles. The van der Waals surface area contributed by atoms with Crippen molar-refractivity contribution in [3.63, 3.8) is 0 Å². The molecule has 0 aliphatic heterocycles. The summed E-state index contributed by atoms with van der Waals surface area (Å²) in [5, 5.41) is 2.89. The first kappa shape index (κ1) is 14.9. The Bertz CT molecular complexity index is 1220. The van der Waals surface area contributed by atoms with Crippen molar-refractivity contribution >= 4 is 32.6 Å². The third kappa shape index (κ3) is 2.57. The predicted octanol–water partition coefficient (Wildman–Crippen LogP) is 5.09.